The molecule has 2 N–H and O–H groups in total. The van der Waals surface area contributed by atoms with E-state index in [4.69, 9.17) is 33.1 Å². The van der Waals surface area contributed by atoms with Crippen molar-refractivity contribution in [3.8, 4) is 0 Å². The topological polar surface area (TPSA) is 89.7 Å². The number of likely N-dealkylation sites (tertiary alicyclic amines) is 1. The first-order valence-corrected chi connectivity index (χ1v) is 11.7. The monoisotopic (exact) mass is 450 g/mol. The van der Waals surface area contributed by atoms with Gasteiger partial charge in [0.25, 0.3) is 10.1 Å². The Kier molecular flexibility index (Phi) is 7.09. The molecular formula is C19H28Cl2N2O4S. The van der Waals surface area contributed by atoms with Crippen LogP contribution in [0.3, 0.4) is 0 Å². The number of hydrogen-bond donors (Lipinski definition) is 1. The fourth-order valence-electron chi connectivity index (χ4n) is 4.17. The van der Waals surface area contributed by atoms with E-state index in [1.807, 2.05) is 26.8 Å². The van der Waals surface area contributed by atoms with Crippen molar-refractivity contribution >= 4 is 39.2 Å². The van der Waals surface area contributed by atoms with Crippen LogP contribution in [0.15, 0.2) is 18.2 Å². The van der Waals surface area contributed by atoms with Gasteiger partial charge in [-0.1, -0.05) is 29.3 Å². The van der Waals surface area contributed by atoms with Crippen molar-refractivity contribution in [2.75, 3.05) is 19.4 Å². The minimum absolute atomic E-state index is 0.0547. The molecule has 1 aromatic rings. The van der Waals surface area contributed by atoms with E-state index in [1.165, 1.54) is 0 Å². The zero-order valence-corrected chi connectivity index (χ0v) is 19.0. The molecule has 2 unspecified atom stereocenters. The summed E-state index contributed by atoms with van der Waals surface area (Å²) in [5, 5.41) is 0.783. The van der Waals surface area contributed by atoms with E-state index in [0.29, 0.717) is 29.4 Å². The number of benzene rings is 1. The third-order valence-corrected chi connectivity index (χ3v) is 6.66. The minimum atomic E-state index is -3.61. The van der Waals surface area contributed by atoms with Crippen molar-refractivity contribution in [1.82, 2.24) is 4.90 Å². The molecule has 6 nitrogen and oxygen atoms in total. The van der Waals surface area contributed by atoms with Crippen molar-refractivity contribution in [2.45, 2.75) is 57.0 Å². The summed E-state index contributed by atoms with van der Waals surface area (Å²) >= 11 is 12.4. The molecule has 0 bridgehead atoms. The molecule has 9 heteroatoms. The van der Waals surface area contributed by atoms with Crippen LogP contribution in [-0.2, 0) is 24.5 Å². The minimum Gasteiger partial charge on any atom is -0.368 e. The smallest absolute Gasteiger partial charge is 0.264 e. The number of hydrogen-bond acceptors (Lipinski definition) is 5. The van der Waals surface area contributed by atoms with Crippen LogP contribution in [-0.4, -0.2) is 50.2 Å². The second-order valence-corrected chi connectivity index (χ2v) is 10.8. The number of carbonyl (C=O) groups is 1. The molecule has 1 heterocycles. The first-order valence-electron chi connectivity index (χ1n) is 9.14. The molecule has 0 saturated carbocycles. The first kappa shape index (κ1) is 23.4. The molecule has 2 rings (SSSR count). The summed E-state index contributed by atoms with van der Waals surface area (Å²) in [6.45, 7) is 6.75. The van der Waals surface area contributed by atoms with Gasteiger partial charge in [0.15, 0.2) is 0 Å². The Labute approximate surface area is 177 Å². The van der Waals surface area contributed by atoms with E-state index >= 15 is 0 Å². The molecule has 2 atom stereocenters. The third-order valence-electron chi connectivity index (χ3n) is 5.33. The lowest BCUT2D eigenvalue weighted by Gasteiger charge is -2.53. The highest BCUT2D eigenvalue weighted by Gasteiger charge is 2.51. The van der Waals surface area contributed by atoms with E-state index < -0.39 is 27.5 Å². The van der Waals surface area contributed by atoms with Gasteiger partial charge in [-0.05, 0) is 64.3 Å². The molecule has 0 spiro atoms. The van der Waals surface area contributed by atoms with E-state index in [1.54, 1.807) is 12.1 Å². The van der Waals surface area contributed by atoms with Gasteiger partial charge in [-0.2, -0.15) is 8.42 Å². The average molecular weight is 451 g/mol. The van der Waals surface area contributed by atoms with Crippen LogP contribution in [0, 0.1) is 0 Å². The van der Waals surface area contributed by atoms with Crippen LogP contribution in [0.1, 0.15) is 45.6 Å². The van der Waals surface area contributed by atoms with Gasteiger partial charge in [-0.3, -0.25) is 13.9 Å². The summed E-state index contributed by atoms with van der Waals surface area (Å²) in [4.78, 5) is 14.8. The zero-order chi connectivity index (χ0) is 21.3. The van der Waals surface area contributed by atoms with Crippen molar-refractivity contribution < 1.29 is 17.4 Å². The molecular weight excluding hydrogens is 423 g/mol. The number of rotatable bonds is 6. The summed E-state index contributed by atoms with van der Waals surface area (Å²) < 4.78 is 28.0. The van der Waals surface area contributed by atoms with Crippen LogP contribution in [0.4, 0.5) is 0 Å². The Bertz CT molecular complexity index is 839. The van der Waals surface area contributed by atoms with Crippen molar-refractivity contribution in [3.63, 3.8) is 0 Å². The number of halogens is 2. The first-order chi connectivity index (χ1) is 12.8. The second kappa shape index (κ2) is 8.48. The van der Waals surface area contributed by atoms with E-state index in [9.17, 15) is 13.2 Å². The van der Waals surface area contributed by atoms with Gasteiger partial charge in [0, 0.05) is 11.0 Å². The lowest BCUT2D eigenvalue weighted by atomic mass is 9.65. The van der Waals surface area contributed by atoms with Gasteiger partial charge in [0.05, 0.1) is 28.9 Å². The summed E-state index contributed by atoms with van der Waals surface area (Å²) in [6, 6.07) is 4.62. The van der Waals surface area contributed by atoms with Crippen LogP contribution in [0.5, 0.6) is 0 Å². The van der Waals surface area contributed by atoms with Gasteiger partial charge in [0.2, 0.25) is 5.91 Å². The fraction of sp³-hybridized carbons (Fsp3) is 0.632. The largest absolute Gasteiger partial charge is 0.368 e. The predicted octanol–water partition coefficient (Wildman–Crippen LogP) is 3.35. The van der Waals surface area contributed by atoms with Gasteiger partial charge < -0.3 is 5.73 Å². The molecule has 1 fully saturated rings. The molecule has 0 aliphatic carbocycles. The van der Waals surface area contributed by atoms with E-state index in [0.717, 1.165) is 18.2 Å². The summed E-state index contributed by atoms with van der Waals surface area (Å²) in [5.41, 5.74) is 5.65. The Morgan fingerprint density at radius 1 is 1.32 bits per heavy atom. The quantitative estimate of drug-likeness (QED) is 0.670. The predicted molar refractivity (Wildman–Crippen MR) is 112 cm³/mol. The summed E-state index contributed by atoms with van der Waals surface area (Å²) in [6.07, 6.45) is 2.78. The van der Waals surface area contributed by atoms with Crippen molar-refractivity contribution in [3.05, 3.63) is 33.8 Å². The van der Waals surface area contributed by atoms with Gasteiger partial charge in [-0.25, -0.2) is 0 Å². The highest BCUT2D eigenvalue weighted by Crippen LogP contribution is 2.45. The van der Waals surface area contributed by atoms with Gasteiger partial charge in [0.1, 0.15) is 0 Å². The van der Waals surface area contributed by atoms with Crippen LogP contribution in [0.2, 0.25) is 10.0 Å². The lowest BCUT2D eigenvalue weighted by molar-refractivity contribution is -0.132. The number of piperidine rings is 1. The van der Waals surface area contributed by atoms with Crippen molar-refractivity contribution in [2.24, 2.45) is 5.73 Å². The van der Waals surface area contributed by atoms with E-state index in [-0.39, 0.29) is 12.1 Å². The van der Waals surface area contributed by atoms with Crippen LogP contribution >= 0.6 is 23.2 Å². The number of carbonyl (C=O) groups excluding carboxylic acids is 1. The third kappa shape index (κ3) is 5.19. The Morgan fingerprint density at radius 2 is 1.96 bits per heavy atom. The van der Waals surface area contributed by atoms with Gasteiger partial charge >= 0.3 is 0 Å². The SMILES string of the molecule is CC(C)(C)N1CCCC(CCOS(C)(=O)=O)(c2ccc(Cl)c(Cl)c2)C1C(N)=O. The van der Waals surface area contributed by atoms with Crippen molar-refractivity contribution in [1.29, 1.82) is 0 Å². The molecule has 1 amide bonds. The Balaban J connectivity index is 2.59. The standard InChI is InChI=1S/C19H28Cl2N2O4S/c1-18(2,3)23-10-5-8-19(16(23)17(22)24,9-11-27-28(4,25)26)13-6-7-14(20)15(21)12-13/h6-7,12,16H,5,8-11H2,1-4H3,(H2,22,24). The number of nitrogens with zero attached hydrogens (tertiary/aromatic N) is 1. The summed E-state index contributed by atoms with van der Waals surface area (Å²) in [7, 11) is -3.61. The second-order valence-electron chi connectivity index (χ2n) is 8.33. The summed E-state index contributed by atoms with van der Waals surface area (Å²) in [5.74, 6) is -0.458. The molecule has 0 aromatic heterocycles. The molecule has 28 heavy (non-hydrogen) atoms. The molecule has 1 saturated heterocycles. The van der Waals surface area contributed by atoms with E-state index in [2.05, 4.69) is 4.90 Å². The number of nitrogens with two attached hydrogens (primary N) is 1. The normalized spacial score (nSPS) is 24.3. The number of amides is 1. The highest BCUT2D eigenvalue weighted by molar-refractivity contribution is 7.85. The Morgan fingerprint density at radius 3 is 2.46 bits per heavy atom. The maximum absolute atomic E-state index is 12.7. The van der Waals surface area contributed by atoms with Crippen LogP contribution in [0.25, 0.3) is 0 Å². The maximum Gasteiger partial charge on any atom is 0.264 e. The average Bonchev–Trinajstić information content (AvgIpc) is 2.54. The number of primary amides is 1. The highest BCUT2D eigenvalue weighted by atomic mass is 35.5. The Hall–Kier alpha value is -0.860. The van der Waals surface area contributed by atoms with Crippen LogP contribution < -0.4 is 5.73 Å². The molecule has 158 valence electrons. The molecule has 1 aliphatic heterocycles. The lowest BCUT2D eigenvalue weighted by Crippen LogP contribution is -2.65. The molecule has 1 aliphatic rings. The fourth-order valence-corrected chi connectivity index (χ4v) is 4.85. The zero-order valence-electron chi connectivity index (χ0n) is 16.7. The molecule has 0 radical (unpaired) electrons. The maximum atomic E-state index is 12.7. The van der Waals surface area contributed by atoms with Gasteiger partial charge in [-0.15, -0.1) is 0 Å². The molecule has 1 aromatic carbocycles.